The lowest BCUT2D eigenvalue weighted by Gasteiger charge is -2.20. The first kappa shape index (κ1) is 12.8. The Morgan fingerprint density at radius 1 is 0.923 bits per heavy atom. The van der Waals surface area contributed by atoms with E-state index in [1.165, 1.54) is 0 Å². The smallest absolute Gasteiger partial charge is 0.319 e. The molecule has 2 N–H and O–H groups in total. The van der Waals surface area contributed by atoms with Crippen molar-refractivity contribution >= 4 is 0 Å². The molecule has 0 aliphatic rings. The van der Waals surface area contributed by atoms with Crippen LogP contribution in [0.15, 0.2) is 0 Å². The van der Waals surface area contributed by atoms with Crippen LogP contribution in [0.2, 0.25) is 0 Å². The van der Waals surface area contributed by atoms with Gasteiger partial charge in [-0.2, -0.15) is 0 Å². The van der Waals surface area contributed by atoms with Gasteiger partial charge in [-0.1, -0.05) is 26.7 Å². The van der Waals surface area contributed by atoms with Gasteiger partial charge in [-0.3, -0.25) is 0 Å². The predicted octanol–water partition coefficient (Wildman–Crippen LogP) is 1.22. The molecular weight excluding hydrogens is 172 g/mol. The summed E-state index contributed by atoms with van der Waals surface area (Å²) in [6.45, 7) is 4.60. The molecule has 4 nitrogen and oxygen atoms in total. The number of ether oxygens (including phenoxy) is 2. The normalized spacial score (nSPS) is 12.0. The molecule has 0 unspecified atom stereocenters. The minimum absolute atomic E-state index is 0.301. The molecule has 0 saturated heterocycles. The molecule has 0 aromatic carbocycles. The van der Waals surface area contributed by atoms with Crippen LogP contribution in [0.5, 0.6) is 0 Å². The summed E-state index contributed by atoms with van der Waals surface area (Å²) in [5.41, 5.74) is 0. The van der Waals surface area contributed by atoms with E-state index < -0.39 is 6.16 Å². The van der Waals surface area contributed by atoms with E-state index in [0.717, 1.165) is 25.7 Å². The van der Waals surface area contributed by atoms with E-state index in [-0.39, 0.29) is 0 Å². The van der Waals surface area contributed by atoms with Crippen molar-refractivity contribution in [2.45, 2.75) is 45.7 Å². The van der Waals surface area contributed by atoms with Gasteiger partial charge >= 0.3 is 6.16 Å². The van der Waals surface area contributed by atoms with Crippen LogP contribution in [0.4, 0.5) is 0 Å². The highest BCUT2D eigenvalue weighted by Gasteiger charge is 2.24. The molecule has 4 heteroatoms. The first-order valence-corrected chi connectivity index (χ1v) is 4.85. The Kier molecular flexibility index (Phi) is 7.17. The largest absolute Gasteiger partial charge is 0.407 e. The zero-order valence-corrected chi connectivity index (χ0v) is 8.45. The molecule has 0 saturated carbocycles. The van der Waals surface area contributed by atoms with Gasteiger partial charge in [-0.25, -0.2) is 0 Å². The van der Waals surface area contributed by atoms with Crippen LogP contribution in [-0.2, 0) is 9.47 Å². The van der Waals surface area contributed by atoms with Gasteiger partial charge in [0.25, 0.3) is 0 Å². The number of aliphatic hydroxyl groups is 2. The Balaban J connectivity index is 3.42. The summed E-state index contributed by atoms with van der Waals surface area (Å²) in [7, 11) is 0. The highest BCUT2D eigenvalue weighted by atomic mass is 16.9. The van der Waals surface area contributed by atoms with E-state index in [1.54, 1.807) is 0 Å². The van der Waals surface area contributed by atoms with Crippen molar-refractivity contribution in [3.63, 3.8) is 0 Å². The van der Waals surface area contributed by atoms with Gasteiger partial charge in [0.1, 0.15) is 0 Å². The van der Waals surface area contributed by atoms with E-state index >= 15 is 0 Å². The van der Waals surface area contributed by atoms with E-state index in [4.69, 9.17) is 19.7 Å². The number of hydrogen-bond acceptors (Lipinski definition) is 4. The molecule has 0 fully saturated rings. The molecule has 13 heavy (non-hydrogen) atoms. The van der Waals surface area contributed by atoms with E-state index in [0.29, 0.717) is 13.2 Å². The predicted molar refractivity (Wildman–Crippen MR) is 48.9 cm³/mol. The second-order valence-corrected chi connectivity index (χ2v) is 2.95. The Hall–Kier alpha value is -0.160. The van der Waals surface area contributed by atoms with Crippen LogP contribution < -0.4 is 0 Å². The number of rotatable bonds is 8. The van der Waals surface area contributed by atoms with E-state index in [2.05, 4.69) is 0 Å². The summed E-state index contributed by atoms with van der Waals surface area (Å²) >= 11 is 0. The topological polar surface area (TPSA) is 58.9 Å². The molecule has 0 heterocycles. The fourth-order valence-electron chi connectivity index (χ4n) is 0.741. The van der Waals surface area contributed by atoms with Crippen LogP contribution >= 0.6 is 0 Å². The van der Waals surface area contributed by atoms with Gasteiger partial charge < -0.3 is 19.7 Å². The third-order valence-corrected chi connectivity index (χ3v) is 1.58. The lowest BCUT2D eigenvalue weighted by Crippen LogP contribution is -2.36. The second-order valence-electron chi connectivity index (χ2n) is 2.95. The van der Waals surface area contributed by atoms with E-state index in [1.807, 2.05) is 13.8 Å². The van der Waals surface area contributed by atoms with Gasteiger partial charge in [0.15, 0.2) is 0 Å². The summed E-state index contributed by atoms with van der Waals surface area (Å²) < 4.78 is 9.41. The zero-order chi connectivity index (χ0) is 10.2. The van der Waals surface area contributed by atoms with Crippen molar-refractivity contribution in [2.24, 2.45) is 0 Å². The molecule has 0 bridgehead atoms. The van der Waals surface area contributed by atoms with Crippen molar-refractivity contribution in [1.29, 1.82) is 0 Å². The molecule has 0 atom stereocenters. The molecule has 0 aromatic heterocycles. The highest BCUT2D eigenvalue weighted by Crippen LogP contribution is 2.06. The summed E-state index contributed by atoms with van der Waals surface area (Å²) in [4.78, 5) is 0. The lowest BCUT2D eigenvalue weighted by molar-refractivity contribution is -0.470. The summed E-state index contributed by atoms with van der Waals surface area (Å²) in [5.74, 6) is 0. The molecule has 0 amide bonds. The maximum atomic E-state index is 9.08. The van der Waals surface area contributed by atoms with Gasteiger partial charge in [0.2, 0.25) is 0 Å². The monoisotopic (exact) mass is 192 g/mol. The maximum absolute atomic E-state index is 9.08. The standard InChI is InChI=1S/C9H20O4/c1-3-5-7-12-9(10,11)13-8-6-4-2/h10-11H,3-8H2,1-2H3. The first-order valence-electron chi connectivity index (χ1n) is 4.85. The molecule has 0 aliphatic heterocycles. The second kappa shape index (κ2) is 7.26. The summed E-state index contributed by atoms with van der Waals surface area (Å²) in [6, 6.07) is 0. The minimum atomic E-state index is -2.40. The molecule has 80 valence electrons. The maximum Gasteiger partial charge on any atom is 0.407 e. The Bertz CT molecular complexity index is 102. The fraction of sp³-hybridized carbons (Fsp3) is 1.00. The number of hydrogen-bond donors (Lipinski definition) is 2. The van der Waals surface area contributed by atoms with Crippen LogP contribution in [0, 0.1) is 0 Å². The van der Waals surface area contributed by atoms with Crippen LogP contribution in [-0.4, -0.2) is 29.6 Å². The van der Waals surface area contributed by atoms with Crippen LogP contribution in [0.25, 0.3) is 0 Å². The molecule has 0 radical (unpaired) electrons. The molecule has 0 rings (SSSR count). The lowest BCUT2D eigenvalue weighted by atomic mass is 10.4. The van der Waals surface area contributed by atoms with E-state index in [9.17, 15) is 0 Å². The molecular formula is C9H20O4. The average Bonchev–Trinajstić information content (AvgIpc) is 2.05. The molecule has 0 aromatic rings. The van der Waals surface area contributed by atoms with Crippen LogP contribution in [0.3, 0.4) is 0 Å². The van der Waals surface area contributed by atoms with Gasteiger partial charge in [0.05, 0.1) is 13.2 Å². The Morgan fingerprint density at radius 3 is 1.62 bits per heavy atom. The zero-order valence-electron chi connectivity index (χ0n) is 8.45. The van der Waals surface area contributed by atoms with Crippen LogP contribution in [0.1, 0.15) is 39.5 Å². The van der Waals surface area contributed by atoms with Crippen molar-refractivity contribution in [3.05, 3.63) is 0 Å². The van der Waals surface area contributed by atoms with Crippen molar-refractivity contribution in [3.8, 4) is 0 Å². The number of unbranched alkanes of at least 4 members (excludes halogenated alkanes) is 2. The van der Waals surface area contributed by atoms with Gasteiger partial charge in [-0.05, 0) is 12.8 Å². The quantitative estimate of drug-likeness (QED) is 0.448. The average molecular weight is 192 g/mol. The third kappa shape index (κ3) is 8.18. The third-order valence-electron chi connectivity index (χ3n) is 1.58. The summed E-state index contributed by atoms with van der Waals surface area (Å²) in [5, 5.41) is 18.2. The Labute approximate surface area is 79.5 Å². The molecule has 0 aliphatic carbocycles. The van der Waals surface area contributed by atoms with Crippen molar-refractivity contribution in [1.82, 2.24) is 0 Å². The Morgan fingerprint density at radius 2 is 1.31 bits per heavy atom. The van der Waals surface area contributed by atoms with Gasteiger partial charge in [0, 0.05) is 0 Å². The highest BCUT2D eigenvalue weighted by molar-refractivity contribution is 4.37. The summed E-state index contributed by atoms with van der Waals surface area (Å²) in [6.07, 6.45) is 1.08. The van der Waals surface area contributed by atoms with Gasteiger partial charge in [-0.15, -0.1) is 0 Å². The SMILES string of the molecule is CCCCOC(O)(O)OCCCC. The van der Waals surface area contributed by atoms with Crippen molar-refractivity contribution < 1.29 is 19.7 Å². The molecule has 0 spiro atoms. The minimum Gasteiger partial charge on any atom is -0.319 e. The first-order chi connectivity index (χ1) is 6.12. The fourth-order valence-corrected chi connectivity index (χ4v) is 0.741. The van der Waals surface area contributed by atoms with Crippen molar-refractivity contribution in [2.75, 3.05) is 13.2 Å².